The average molecular weight is 266 g/mol. The maximum atomic E-state index is 12.9. The number of nitrogens with zero attached hydrogens (tertiary/aromatic N) is 2. The summed E-state index contributed by atoms with van der Waals surface area (Å²) in [6, 6.07) is 5.70. The van der Waals surface area contributed by atoms with Crippen LogP contribution in [0.4, 0.5) is 10.1 Å². The number of anilines is 1. The number of aryl methyl sites for hydroxylation is 1. The number of hydrogen-bond acceptors (Lipinski definition) is 3. The Hall–Kier alpha value is -2.01. The van der Waals surface area contributed by atoms with Crippen LogP contribution in [0.5, 0.6) is 0 Å². The third-order valence-corrected chi connectivity index (χ3v) is 2.59. The van der Waals surface area contributed by atoms with E-state index >= 15 is 0 Å². The number of halogens is 2. The number of hydrogen-bond donors (Lipinski definition) is 1. The Kier molecular flexibility index (Phi) is 3.53. The molecule has 0 bridgehead atoms. The summed E-state index contributed by atoms with van der Waals surface area (Å²) in [5, 5.41) is 2.74. The molecule has 4 nitrogen and oxygen atoms in total. The van der Waals surface area contributed by atoms with E-state index in [1.54, 1.807) is 13.0 Å². The molecule has 0 saturated heterocycles. The van der Waals surface area contributed by atoms with Crippen LogP contribution < -0.4 is 5.32 Å². The number of rotatable bonds is 2. The van der Waals surface area contributed by atoms with Gasteiger partial charge in [-0.05, 0) is 30.7 Å². The third-order valence-electron chi connectivity index (χ3n) is 2.30. The first-order valence-corrected chi connectivity index (χ1v) is 5.51. The summed E-state index contributed by atoms with van der Waals surface area (Å²) in [5.74, 6) is -1.25. The van der Waals surface area contributed by atoms with Gasteiger partial charge in [0.15, 0.2) is 5.15 Å². The molecule has 0 atom stereocenters. The van der Waals surface area contributed by atoms with Gasteiger partial charge in [0.1, 0.15) is 5.69 Å². The fraction of sp³-hybridized carbons (Fsp3) is 0.0833. The molecule has 1 N–H and O–H groups in total. The lowest BCUT2D eigenvalue weighted by molar-refractivity contribution is 0.102. The van der Waals surface area contributed by atoms with E-state index in [2.05, 4.69) is 15.3 Å². The molecule has 0 aromatic carbocycles. The average Bonchev–Trinajstić information content (AvgIpc) is 2.34. The monoisotopic (exact) mass is 265 g/mol. The van der Waals surface area contributed by atoms with Crippen molar-refractivity contribution < 1.29 is 9.18 Å². The zero-order valence-electron chi connectivity index (χ0n) is 9.45. The summed E-state index contributed by atoms with van der Waals surface area (Å²) in [5.41, 5.74) is 1.14. The second kappa shape index (κ2) is 5.10. The predicted octanol–water partition coefficient (Wildman–Crippen LogP) is 2.83. The van der Waals surface area contributed by atoms with Crippen LogP contribution in [0.3, 0.4) is 0 Å². The quantitative estimate of drug-likeness (QED) is 0.850. The highest BCUT2D eigenvalue weighted by molar-refractivity contribution is 6.32. The number of pyridine rings is 2. The topological polar surface area (TPSA) is 54.9 Å². The maximum Gasteiger partial charge on any atom is 0.274 e. The number of aromatic nitrogens is 2. The molecule has 1 amide bonds. The summed E-state index contributed by atoms with van der Waals surface area (Å²) in [6.07, 6.45) is 1.54. The first-order valence-electron chi connectivity index (χ1n) is 5.13. The largest absolute Gasteiger partial charge is 0.318 e. The minimum absolute atomic E-state index is 0.0191. The number of nitrogens with one attached hydrogen (secondary N) is 1. The first-order chi connectivity index (χ1) is 8.58. The molecule has 0 aliphatic heterocycles. The summed E-state index contributed by atoms with van der Waals surface area (Å²) >= 11 is 5.87. The molecule has 0 fully saturated rings. The van der Waals surface area contributed by atoms with Crippen LogP contribution in [0.25, 0.3) is 0 Å². The highest BCUT2D eigenvalue weighted by Crippen LogP contribution is 2.23. The fourth-order valence-corrected chi connectivity index (χ4v) is 1.64. The second-order valence-corrected chi connectivity index (χ2v) is 3.95. The minimum atomic E-state index is -0.711. The molecule has 2 aromatic rings. The van der Waals surface area contributed by atoms with E-state index in [9.17, 15) is 9.18 Å². The van der Waals surface area contributed by atoms with Crippen LogP contribution in [0, 0.1) is 12.9 Å². The zero-order valence-corrected chi connectivity index (χ0v) is 10.2. The van der Waals surface area contributed by atoms with Crippen molar-refractivity contribution in [1.82, 2.24) is 9.97 Å². The van der Waals surface area contributed by atoms with Crippen molar-refractivity contribution in [3.05, 3.63) is 52.8 Å². The van der Waals surface area contributed by atoms with E-state index in [-0.39, 0.29) is 10.8 Å². The van der Waals surface area contributed by atoms with Gasteiger partial charge in [-0.1, -0.05) is 17.7 Å². The molecule has 0 aliphatic rings. The highest BCUT2D eigenvalue weighted by atomic mass is 35.5. The van der Waals surface area contributed by atoms with Crippen molar-refractivity contribution in [2.75, 3.05) is 5.32 Å². The van der Waals surface area contributed by atoms with Crippen molar-refractivity contribution in [3.63, 3.8) is 0 Å². The Morgan fingerprint density at radius 2 is 2.17 bits per heavy atom. The summed E-state index contributed by atoms with van der Waals surface area (Å²) in [7, 11) is 0. The van der Waals surface area contributed by atoms with Gasteiger partial charge in [-0.25, -0.2) is 9.97 Å². The van der Waals surface area contributed by atoms with E-state index in [1.165, 1.54) is 24.4 Å². The van der Waals surface area contributed by atoms with Gasteiger partial charge >= 0.3 is 0 Å². The molecule has 0 aliphatic carbocycles. The van der Waals surface area contributed by atoms with Gasteiger partial charge in [-0.3, -0.25) is 4.79 Å². The van der Waals surface area contributed by atoms with Crippen LogP contribution in [0.2, 0.25) is 5.15 Å². The normalized spacial score (nSPS) is 10.2. The number of carbonyl (C=O) groups is 1. The molecule has 0 unspecified atom stereocenters. The van der Waals surface area contributed by atoms with Crippen molar-refractivity contribution in [1.29, 1.82) is 0 Å². The van der Waals surface area contributed by atoms with Gasteiger partial charge in [0, 0.05) is 6.20 Å². The molecule has 0 spiro atoms. The Balaban J connectivity index is 2.27. The predicted molar refractivity (Wildman–Crippen MR) is 66.1 cm³/mol. The second-order valence-electron chi connectivity index (χ2n) is 3.59. The fourth-order valence-electron chi connectivity index (χ4n) is 1.39. The first kappa shape index (κ1) is 12.4. The van der Waals surface area contributed by atoms with E-state index in [1.807, 2.05) is 0 Å². The van der Waals surface area contributed by atoms with Gasteiger partial charge in [-0.15, -0.1) is 0 Å². The lowest BCUT2D eigenvalue weighted by Gasteiger charge is -2.08. The van der Waals surface area contributed by atoms with Gasteiger partial charge < -0.3 is 5.32 Å². The van der Waals surface area contributed by atoms with Crippen LogP contribution in [-0.4, -0.2) is 15.9 Å². The van der Waals surface area contributed by atoms with Crippen LogP contribution >= 0.6 is 11.6 Å². The Labute approximate surface area is 108 Å². The van der Waals surface area contributed by atoms with Crippen LogP contribution in [-0.2, 0) is 0 Å². The van der Waals surface area contributed by atoms with Gasteiger partial charge in [0.2, 0.25) is 5.95 Å². The summed E-state index contributed by atoms with van der Waals surface area (Å²) in [4.78, 5) is 19.2. The highest BCUT2D eigenvalue weighted by Gasteiger charge is 2.12. The zero-order chi connectivity index (χ0) is 13.1. The van der Waals surface area contributed by atoms with Crippen molar-refractivity contribution in [2.24, 2.45) is 0 Å². The van der Waals surface area contributed by atoms with E-state index < -0.39 is 11.9 Å². The molecule has 2 heterocycles. The van der Waals surface area contributed by atoms with Crippen LogP contribution in [0.1, 0.15) is 16.1 Å². The van der Waals surface area contributed by atoms with Gasteiger partial charge in [0.25, 0.3) is 5.91 Å². The number of amides is 1. The van der Waals surface area contributed by atoms with E-state index in [0.29, 0.717) is 5.69 Å². The maximum absolute atomic E-state index is 12.9. The Morgan fingerprint density at radius 3 is 2.83 bits per heavy atom. The van der Waals surface area contributed by atoms with Crippen molar-refractivity contribution in [2.45, 2.75) is 6.92 Å². The SMILES string of the molecule is Cc1ccnc(Cl)c1NC(=O)c1cccc(F)n1. The third kappa shape index (κ3) is 2.62. The Bertz CT molecular complexity index is 583. The summed E-state index contributed by atoms with van der Waals surface area (Å²) < 4.78 is 12.9. The lowest BCUT2D eigenvalue weighted by Crippen LogP contribution is -2.15. The molecule has 2 aromatic heterocycles. The molecule has 92 valence electrons. The molecule has 18 heavy (non-hydrogen) atoms. The standard InChI is InChI=1S/C12H9ClFN3O/c1-7-5-6-15-11(13)10(7)17-12(18)8-3-2-4-9(14)16-8/h2-6H,1H3,(H,17,18). The smallest absolute Gasteiger partial charge is 0.274 e. The van der Waals surface area contributed by atoms with Crippen LogP contribution in [0.15, 0.2) is 30.5 Å². The molecule has 2 rings (SSSR count). The van der Waals surface area contributed by atoms with Gasteiger partial charge in [0.05, 0.1) is 5.69 Å². The van der Waals surface area contributed by atoms with Crippen molar-refractivity contribution >= 4 is 23.2 Å². The molecule has 0 saturated carbocycles. The number of carbonyl (C=O) groups excluding carboxylic acids is 1. The molecule has 0 radical (unpaired) electrons. The molecule has 6 heteroatoms. The Morgan fingerprint density at radius 1 is 1.39 bits per heavy atom. The summed E-state index contributed by atoms with van der Waals surface area (Å²) in [6.45, 7) is 1.78. The molecular formula is C12H9ClFN3O. The van der Waals surface area contributed by atoms with E-state index in [4.69, 9.17) is 11.6 Å². The van der Waals surface area contributed by atoms with Crippen molar-refractivity contribution in [3.8, 4) is 0 Å². The minimum Gasteiger partial charge on any atom is -0.318 e. The lowest BCUT2D eigenvalue weighted by atomic mass is 10.2. The molecular weight excluding hydrogens is 257 g/mol. The van der Waals surface area contributed by atoms with Gasteiger partial charge in [-0.2, -0.15) is 4.39 Å². The van der Waals surface area contributed by atoms with E-state index in [0.717, 1.165) is 5.56 Å².